The van der Waals surface area contributed by atoms with Crippen LogP contribution in [0.25, 0.3) is 11.0 Å². The van der Waals surface area contributed by atoms with Gasteiger partial charge in [-0.25, -0.2) is 4.98 Å². The van der Waals surface area contributed by atoms with Gasteiger partial charge in [0.2, 0.25) is 0 Å². The maximum absolute atomic E-state index is 9.24. The fraction of sp³-hybridized carbons (Fsp3) is 0.500. The minimum Gasteiger partial charge on any atom is -0.324 e. The van der Waals surface area contributed by atoms with Gasteiger partial charge in [-0.3, -0.25) is 0 Å². The zero-order valence-corrected chi connectivity index (χ0v) is 12.6. The van der Waals surface area contributed by atoms with E-state index >= 15 is 0 Å². The fourth-order valence-electron chi connectivity index (χ4n) is 2.91. The Kier molecular flexibility index (Phi) is 3.43. The highest BCUT2D eigenvalue weighted by Crippen LogP contribution is 2.39. The molecule has 4 heteroatoms. The molecule has 0 aliphatic heterocycles. The molecule has 1 heterocycles. The molecule has 1 saturated carbocycles. The Morgan fingerprint density at radius 3 is 2.80 bits per heavy atom. The number of aromatic nitrogens is 2. The second kappa shape index (κ2) is 5.10. The number of nitrogens with zero attached hydrogens (tertiary/aromatic N) is 3. The number of imidazole rings is 1. The van der Waals surface area contributed by atoms with Gasteiger partial charge >= 0.3 is 0 Å². The van der Waals surface area contributed by atoms with Crippen LogP contribution in [-0.4, -0.2) is 9.55 Å². The third-order valence-electron chi connectivity index (χ3n) is 4.04. The lowest BCUT2D eigenvalue weighted by atomic mass is 10.1. The molecule has 2 unspecified atom stereocenters. The van der Waals surface area contributed by atoms with Crippen LogP contribution in [0.3, 0.4) is 0 Å². The lowest BCUT2D eigenvalue weighted by Gasteiger charge is -2.18. The van der Waals surface area contributed by atoms with Crippen molar-refractivity contribution in [2.24, 2.45) is 5.92 Å². The number of para-hydroxylation sites is 1. The second-order valence-corrected chi connectivity index (χ2v) is 6.42. The summed E-state index contributed by atoms with van der Waals surface area (Å²) in [6, 6.07) is 8.37. The Morgan fingerprint density at radius 1 is 1.45 bits per heavy atom. The Hall–Kier alpha value is -1.53. The van der Waals surface area contributed by atoms with E-state index in [-0.39, 0.29) is 5.38 Å². The van der Waals surface area contributed by atoms with Crippen LogP contribution < -0.4 is 0 Å². The molecule has 0 N–H and O–H groups in total. The number of hydrogen-bond acceptors (Lipinski definition) is 2. The molecule has 0 bridgehead atoms. The molecule has 1 aliphatic rings. The summed E-state index contributed by atoms with van der Waals surface area (Å²) in [5.41, 5.74) is 2.43. The first-order valence-corrected chi connectivity index (χ1v) is 7.60. The first-order chi connectivity index (χ1) is 9.61. The van der Waals surface area contributed by atoms with E-state index in [1.807, 2.05) is 25.1 Å². The van der Waals surface area contributed by atoms with Gasteiger partial charge < -0.3 is 4.57 Å². The van der Waals surface area contributed by atoms with Crippen LogP contribution in [0.1, 0.15) is 55.9 Å². The van der Waals surface area contributed by atoms with Crippen molar-refractivity contribution in [1.29, 1.82) is 5.26 Å². The molecule has 2 atom stereocenters. The molecule has 20 heavy (non-hydrogen) atoms. The predicted octanol–water partition coefficient (Wildman–Crippen LogP) is 4.57. The number of benzene rings is 1. The fourth-order valence-corrected chi connectivity index (χ4v) is 3.06. The van der Waals surface area contributed by atoms with Gasteiger partial charge in [0.05, 0.1) is 16.5 Å². The van der Waals surface area contributed by atoms with Gasteiger partial charge in [0.25, 0.3) is 0 Å². The van der Waals surface area contributed by atoms with E-state index in [0.29, 0.717) is 11.6 Å². The molecule has 0 amide bonds. The summed E-state index contributed by atoms with van der Waals surface area (Å²) >= 11 is 6.31. The summed E-state index contributed by atoms with van der Waals surface area (Å²) < 4.78 is 2.23. The number of halogens is 1. The number of alkyl halides is 1. The van der Waals surface area contributed by atoms with E-state index in [2.05, 4.69) is 22.5 Å². The van der Waals surface area contributed by atoms with Gasteiger partial charge in [0.1, 0.15) is 17.4 Å². The van der Waals surface area contributed by atoms with Gasteiger partial charge in [0.15, 0.2) is 0 Å². The SMILES string of the molecule is CC(Cl)c1nc2c(C#N)cccc2n1C(C)CC1CC1. The van der Waals surface area contributed by atoms with Crippen LogP contribution >= 0.6 is 11.6 Å². The highest BCUT2D eigenvalue weighted by atomic mass is 35.5. The monoisotopic (exact) mass is 287 g/mol. The molecule has 0 saturated heterocycles. The van der Waals surface area contributed by atoms with Gasteiger partial charge in [0, 0.05) is 6.04 Å². The Morgan fingerprint density at radius 2 is 2.20 bits per heavy atom. The standard InChI is InChI=1S/C16H18ClN3/c1-10(8-12-6-7-12)20-14-5-3-4-13(9-18)15(14)19-16(20)11(2)17/h3-5,10-12H,6-8H2,1-2H3. The van der Waals surface area contributed by atoms with Crippen molar-refractivity contribution < 1.29 is 0 Å². The minimum absolute atomic E-state index is 0.157. The van der Waals surface area contributed by atoms with Crippen LogP contribution in [-0.2, 0) is 0 Å². The Balaban J connectivity index is 2.16. The minimum atomic E-state index is -0.157. The average Bonchev–Trinajstić information content (AvgIpc) is 3.14. The van der Waals surface area contributed by atoms with Crippen LogP contribution in [0.5, 0.6) is 0 Å². The zero-order chi connectivity index (χ0) is 14.3. The third kappa shape index (κ3) is 2.29. The molecular formula is C16H18ClN3. The molecule has 3 nitrogen and oxygen atoms in total. The van der Waals surface area contributed by atoms with Crippen molar-refractivity contribution in [3.8, 4) is 6.07 Å². The topological polar surface area (TPSA) is 41.6 Å². The highest BCUT2D eigenvalue weighted by molar-refractivity contribution is 6.20. The van der Waals surface area contributed by atoms with E-state index in [1.54, 1.807) is 0 Å². The van der Waals surface area contributed by atoms with E-state index in [0.717, 1.165) is 22.8 Å². The number of hydrogen-bond donors (Lipinski definition) is 0. The third-order valence-corrected chi connectivity index (χ3v) is 4.23. The second-order valence-electron chi connectivity index (χ2n) is 5.77. The van der Waals surface area contributed by atoms with Crippen LogP contribution in [0.4, 0.5) is 0 Å². The molecule has 3 rings (SSSR count). The van der Waals surface area contributed by atoms with Crippen molar-refractivity contribution >= 4 is 22.6 Å². The summed E-state index contributed by atoms with van der Waals surface area (Å²) in [6.07, 6.45) is 3.84. The lowest BCUT2D eigenvalue weighted by molar-refractivity contribution is 0.472. The summed E-state index contributed by atoms with van der Waals surface area (Å²) in [7, 11) is 0. The maximum atomic E-state index is 9.24. The van der Waals surface area contributed by atoms with Crippen LogP contribution in [0, 0.1) is 17.2 Å². The molecule has 0 spiro atoms. The van der Waals surface area contributed by atoms with Gasteiger partial charge in [-0.15, -0.1) is 11.6 Å². The highest BCUT2D eigenvalue weighted by Gasteiger charge is 2.27. The molecule has 104 valence electrons. The largest absolute Gasteiger partial charge is 0.324 e. The van der Waals surface area contributed by atoms with Gasteiger partial charge in [-0.05, 0) is 38.3 Å². The predicted molar refractivity (Wildman–Crippen MR) is 80.8 cm³/mol. The first-order valence-electron chi connectivity index (χ1n) is 7.16. The van der Waals surface area contributed by atoms with Crippen LogP contribution in [0.15, 0.2) is 18.2 Å². The Labute approximate surface area is 124 Å². The molecule has 1 aliphatic carbocycles. The molecule has 1 aromatic heterocycles. The molecular weight excluding hydrogens is 270 g/mol. The van der Waals surface area contributed by atoms with Gasteiger partial charge in [-0.2, -0.15) is 5.26 Å². The zero-order valence-electron chi connectivity index (χ0n) is 11.8. The summed E-state index contributed by atoms with van der Waals surface area (Å²) in [6.45, 7) is 4.16. The summed E-state index contributed by atoms with van der Waals surface area (Å²) in [5, 5.41) is 9.08. The van der Waals surface area contributed by atoms with Crippen molar-refractivity contribution in [3.05, 3.63) is 29.6 Å². The van der Waals surface area contributed by atoms with E-state index in [9.17, 15) is 5.26 Å². The first kappa shape index (κ1) is 13.5. The average molecular weight is 288 g/mol. The van der Waals surface area contributed by atoms with E-state index < -0.39 is 0 Å². The smallest absolute Gasteiger partial charge is 0.128 e. The maximum Gasteiger partial charge on any atom is 0.128 e. The van der Waals surface area contributed by atoms with Gasteiger partial charge in [-0.1, -0.05) is 18.9 Å². The lowest BCUT2D eigenvalue weighted by Crippen LogP contribution is -2.10. The summed E-state index contributed by atoms with van der Waals surface area (Å²) in [5.74, 6) is 1.72. The normalized spacial score (nSPS) is 17.9. The number of nitriles is 1. The van der Waals surface area contributed by atoms with Crippen molar-refractivity contribution in [2.45, 2.75) is 44.5 Å². The molecule has 0 radical (unpaired) electrons. The Bertz CT molecular complexity index is 677. The number of fused-ring (bicyclic) bond motifs is 1. The van der Waals surface area contributed by atoms with Crippen LogP contribution in [0.2, 0.25) is 0 Å². The van der Waals surface area contributed by atoms with Crippen molar-refractivity contribution in [3.63, 3.8) is 0 Å². The van der Waals surface area contributed by atoms with Crippen molar-refractivity contribution in [1.82, 2.24) is 9.55 Å². The summed E-state index contributed by atoms with van der Waals surface area (Å²) in [4.78, 5) is 4.64. The van der Waals surface area contributed by atoms with E-state index in [4.69, 9.17) is 11.6 Å². The van der Waals surface area contributed by atoms with E-state index in [1.165, 1.54) is 19.3 Å². The number of rotatable bonds is 4. The molecule has 1 aromatic carbocycles. The molecule has 1 fully saturated rings. The molecule has 2 aromatic rings. The van der Waals surface area contributed by atoms with Crippen molar-refractivity contribution in [2.75, 3.05) is 0 Å². The quantitative estimate of drug-likeness (QED) is 0.773.